The summed E-state index contributed by atoms with van der Waals surface area (Å²) >= 11 is 3.44. The number of fused-ring (bicyclic) bond motifs is 2. The molecule has 2 aromatic rings. The Labute approximate surface area is 201 Å². The van der Waals surface area contributed by atoms with Crippen LogP contribution >= 0.6 is 15.9 Å². The first-order valence-corrected chi connectivity index (χ1v) is 11.8. The summed E-state index contributed by atoms with van der Waals surface area (Å²) in [6.45, 7) is 3.88. The molecule has 0 N–H and O–H groups in total. The fourth-order valence-corrected chi connectivity index (χ4v) is 4.88. The molecule has 0 amide bonds. The highest BCUT2D eigenvalue weighted by atomic mass is 79.9. The molecule has 6 nitrogen and oxygen atoms in total. The van der Waals surface area contributed by atoms with Crippen LogP contribution in [0.4, 0.5) is 0 Å². The molecule has 33 heavy (non-hydrogen) atoms. The first-order chi connectivity index (χ1) is 15.8. The molecule has 7 heteroatoms. The van der Waals surface area contributed by atoms with Crippen molar-refractivity contribution in [2.45, 2.75) is 46.0 Å². The number of rotatable bonds is 6. The highest BCUT2D eigenvalue weighted by Crippen LogP contribution is 2.45. The second-order valence-corrected chi connectivity index (χ2v) is 8.95. The Morgan fingerprint density at radius 3 is 2.06 bits per heavy atom. The highest BCUT2D eigenvalue weighted by Gasteiger charge is 2.49. The molecule has 4 rings (SSSR count). The van der Waals surface area contributed by atoms with Crippen LogP contribution in [0.25, 0.3) is 0 Å². The van der Waals surface area contributed by atoms with Crippen molar-refractivity contribution in [2.24, 2.45) is 5.41 Å². The van der Waals surface area contributed by atoms with Gasteiger partial charge in [0.05, 0.1) is 31.5 Å². The van der Waals surface area contributed by atoms with Gasteiger partial charge in [-0.25, -0.2) is 0 Å². The Kier molecular flexibility index (Phi) is 8.19. The van der Waals surface area contributed by atoms with Gasteiger partial charge in [-0.2, -0.15) is 0 Å². The van der Waals surface area contributed by atoms with Gasteiger partial charge in [0.2, 0.25) is 0 Å². The summed E-state index contributed by atoms with van der Waals surface area (Å²) in [7, 11) is 0. The normalized spacial score (nSPS) is 15.2. The highest BCUT2D eigenvalue weighted by molar-refractivity contribution is 9.10. The lowest BCUT2D eigenvalue weighted by Crippen LogP contribution is -2.35. The van der Waals surface area contributed by atoms with Gasteiger partial charge in [-0.05, 0) is 43.9 Å². The smallest absolute Gasteiger partial charge is 0.306 e. The number of aryl methyl sites for hydroxylation is 1. The Hall–Kier alpha value is -2.80. The molecule has 0 atom stereocenters. The number of halogens is 1. The molecule has 2 aliphatic carbocycles. The zero-order valence-corrected chi connectivity index (χ0v) is 20.4. The topological polar surface area (TPSA) is 86.7 Å². The number of esters is 2. The largest absolute Gasteiger partial charge is 0.466 e. The average molecular weight is 515 g/mol. The first-order valence-electron chi connectivity index (χ1n) is 11.1. The van der Waals surface area contributed by atoms with E-state index in [1.165, 1.54) is 5.56 Å². The van der Waals surface area contributed by atoms with E-state index < -0.39 is 17.4 Å². The molecule has 0 aromatic heterocycles. The predicted molar refractivity (Wildman–Crippen MR) is 126 cm³/mol. The molecule has 0 saturated heterocycles. The van der Waals surface area contributed by atoms with Gasteiger partial charge in [-0.1, -0.05) is 52.3 Å². The van der Waals surface area contributed by atoms with E-state index in [-0.39, 0.29) is 31.8 Å². The van der Waals surface area contributed by atoms with E-state index in [9.17, 15) is 19.2 Å². The van der Waals surface area contributed by atoms with Crippen LogP contribution in [0.1, 0.15) is 65.0 Å². The number of carbonyl (C=O) groups is 4. The van der Waals surface area contributed by atoms with Crippen molar-refractivity contribution in [1.29, 1.82) is 0 Å². The third kappa shape index (κ3) is 5.58. The summed E-state index contributed by atoms with van der Waals surface area (Å²) in [5.41, 5.74) is 2.40. The molecule has 0 radical (unpaired) electrons. The summed E-state index contributed by atoms with van der Waals surface area (Å²) < 4.78 is 10.8. The lowest BCUT2D eigenvalue weighted by Gasteiger charge is -2.25. The number of benzene rings is 2. The van der Waals surface area contributed by atoms with Gasteiger partial charge in [-0.3, -0.25) is 19.2 Å². The Morgan fingerprint density at radius 2 is 1.48 bits per heavy atom. The summed E-state index contributed by atoms with van der Waals surface area (Å²) in [6, 6.07) is 13.2. The molecule has 174 valence electrons. The molecule has 0 aliphatic heterocycles. The Balaban J connectivity index is 0.000000252. The van der Waals surface area contributed by atoms with E-state index in [1.807, 2.05) is 30.3 Å². The third-order valence-electron chi connectivity index (χ3n) is 5.88. The third-order valence-corrected chi connectivity index (χ3v) is 6.62. The zero-order valence-electron chi connectivity index (χ0n) is 18.8. The van der Waals surface area contributed by atoms with E-state index in [2.05, 4.69) is 15.9 Å². The molecule has 2 aromatic carbocycles. The summed E-state index contributed by atoms with van der Waals surface area (Å²) in [5.74, 6) is -0.853. The maximum Gasteiger partial charge on any atom is 0.306 e. The number of ether oxygens (including phenoxy) is 2. The van der Waals surface area contributed by atoms with Crippen molar-refractivity contribution in [2.75, 3.05) is 13.2 Å². The van der Waals surface area contributed by atoms with Crippen LogP contribution in [0.2, 0.25) is 0 Å². The zero-order chi connectivity index (χ0) is 24.0. The molecule has 0 saturated carbocycles. The average Bonchev–Trinajstić information content (AvgIpc) is 3.28. The van der Waals surface area contributed by atoms with Crippen LogP contribution in [-0.4, -0.2) is 36.7 Å². The van der Waals surface area contributed by atoms with Gasteiger partial charge in [0.15, 0.2) is 11.6 Å². The molecule has 0 bridgehead atoms. The minimum absolute atomic E-state index is 0.125. The predicted octanol–water partition coefficient (Wildman–Crippen LogP) is 4.90. The Bertz CT molecular complexity index is 1050. The molecule has 0 heterocycles. The standard InChI is InChI=1S/C17H19BrO5.C9H8O/c1-3-22-14(19)9-17(10-15(20)23-4-2)8-12-11(16(17)21)6-5-7-13(12)18;10-9-6-5-7-3-1-2-4-8(7)9/h5-7H,3-4,8-10H2,1-2H3;1-4H,5-6H2. The lowest BCUT2D eigenvalue weighted by atomic mass is 9.77. The maximum atomic E-state index is 12.9. The van der Waals surface area contributed by atoms with E-state index in [1.54, 1.807) is 26.0 Å². The van der Waals surface area contributed by atoms with Crippen molar-refractivity contribution < 1.29 is 28.7 Å². The molecule has 2 aliphatic rings. The van der Waals surface area contributed by atoms with E-state index in [0.29, 0.717) is 24.2 Å². The van der Waals surface area contributed by atoms with Gasteiger partial charge in [-0.15, -0.1) is 0 Å². The monoisotopic (exact) mass is 514 g/mol. The van der Waals surface area contributed by atoms with Crippen LogP contribution in [0.3, 0.4) is 0 Å². The summed E-state index contributed by atoms with van der Waals surface area (Å²) in [4.78, 5) is 48.0. The molecular formula is C26H27BrO6. The van der Waals surface area contributed by atoms with Crippen LogP contribution in [0.5, 0.6) is 0 Å². The van der Waals surface area contributed by atoms with E-state index >= 15 is 0 Å². The SMILES string of the molecule is CCOC(=O)CC1(CC(=O)OCC)Cc2c(Br)cccc2C1=O.O=C1CCc2ccccc21. The molecule has 0 spiro atoms. The number of hydrogen-bond donors (Lipinski definition) is 0. The maximum absolute atomic E-state index is 12.9. The van der Waals surface area contributed by atoms with Crippen molar-refractivity contribution in [1.82, 2.24) is 0 Å². The quantitative estimate of drug-likeness (QED) is 0.509. The van der Waals surface area contributed by atoms with Gasteiger partial charge in [0.1, 0.15) is 0 Å². The lowest BCUT2D eigenvalue weighted by molar-refractivity contribution is -0.148. The number of hydrogen-bond acceptors (Lipinski definition) is 6. The van der Waals surface area contributed by atoms with E-state index in [0.717, 1.165) is 22.0 Å². The van der Waals surface area contributed by atoms with Gasteiger partial charge in [0, 0.05) is 22.0 Å². The summed E-state index contributed by atoms with van der Waals surface area (Å²) in [5, 5.41) is 0. The van der Waals surface area contributed by atoms with Crippen LogP contribution < -0.4 is 0 Å². The van der Waals surface area contributed by atoms with Gasteiger partial charge in [0.25, 0.3) is 0 Å². The van der Waals surface area contributed by atoms with Crippen LogP contribution in [-0.2, 0) is 31.9 Å². The van der Waals surface area contributed by atoms with Crippen molar-refractivity contribution in [3.05, 3.63) is 69.2 Å². The van der Waals surface area contributed by atoms with Crippen molar-refractivity contribution in [3.8, 4) is 0 Å². The van der Waals surface area contributed by atoms with Crippen molar-refractivity contribution in [3.63, 3.8) is 0 Å². The Morgan fingerprint density at radius 1 is 0.879 bits per heavy atom. The fraction of sp³-hybridized carbons (Fsp3) is 0.385. The van der Waals surface area contributed by atoms with Gasteiger partial charge < -0.3 is 9.47 Å². The number of Topliss-reactive ketones (excluding diaryl/α,β-unsaturated/α-hetero) is 2. The van der Waals surface area contributed by atoms with Gasteiger partial charge >= 0.3 is 11.9 Å². The van der Waals surface area contributed by atoms with E-state index in [4.69, 9.17) is 9.47 Å². The number of ketones is 2. The number of carbonyl (C=O) groups excluding carboxylic acids is 4. The first kappa shape index (κ1) is 24.8. The van der Waals surface area contributed by atoms with Crippen molar-refractivity contribution >= 4 is 39.4 Å². The molecule has 0 fully saturated rings. The molecular weight excluding hydrogens is 488 g/mol. The summed E-state index contributed by atoms with van der Waals surface area (Å²) in [6.07, 6.45) is 1.72. The second kappa shape index (κ2) is 10.9. The van der Waals surface area contributed by atoms with Crippen LogP contribution in [0, 0.1) is 5.41 Å². The van der Waals surface area contributed by atoms with Crippen LogP contribution in [0.15, 0.2) is 46.9 Å². The second-order valence-electron chi connectivity index (χ2n) is 8.10. The minimum atomic E-state index is -1.12. The fourth-order valence-electron chi connectivity index (χ4n) is 4.37. The minimum Gasteiger partial charge on any atom is -0.466 e. The molecule has 0 unspecified atom stereocenters.